The van der Waals surface area contributed by atoms with Crippen LogP contribution in [0, 0.1) is 5.92 Å². The third-order valence-electron chi connectivity index (χ3n) is 3.62. The average Bonchev–Trinajstić information content (AvgIpc) is 3.09. The summed E-state index contributed by atoms with van der Waals surface area (Å²) >= 11 is 0. The van der Waals surface area contributed by atoms with E-state index in [0.29, 0.717) is 38.0 Å². The van der Waals surface area contributed by atoms with Gasteiger partial charge in [-0.25, -0.2) is 0 Å². The summed E-state index contributed by atoms with van der Waals surface area (Å²) in [4.78, 5) is 14.6. The maximum Gasteiger partial charge on any atom is 0.243 e. The first-order chi connectivity index (χ1) is 8.03. The number of amides is 1. The van der Waals surface area contributed by atoms with Gasteiger partial charge in [-0.3, -0.25) is 4.79 Å². The van der Waals surface area contributed by atoms with Crippen LogP contribution in [-0.2, 0) is 9.53 Å². The first-order valence-electron chi connectivity index (χ1n) is 6.70. The molecule has 2 aliphatic rings. The van der Waals surface area contributed by atoms with E-state index in [1.54, 1.807) is 0 Å². The molecule has 0 spiro atoms. The molecule has 98 valence electrons. The molecule has 4 nitrogen and oxygen atoms in total. The van der Waals surface area contributed by atoms with Crippen LogP contribution >= 0.6 is 0 Å². The van der Waals surface area contributed by atoms with Gasteiger partial charge in [-0.15, -0.1) is 0 Å². The second-order valence-electron chi connectivity index (χ2n) is 5.85. The number of nitrogens with zero attached hydrogens (tertiary/aromatic N) is 1. The first-order valence-corrected chi connectivity index (χ1v) is 6.70. The number of rotatable bonds is 4. The normalized spacial score (nSPS) is 23.8. The third-order valence-corrected chi connectivity index (χ3v) is 3.62. The minimum Gasteiger partial charge on any atom is -0.381 e. The van der Waals surface area contributed by atoms with Gasteiger partial charge in [0.2, 0.25) is 5.91 Å². The zero-order valence-electron chi connectivity index (χ0n) is 10.9. The molecule has 2 N–H and O–H groups in total. The molecule has 0 bridgehead atoms. The lowest BCUT2D eigenvalue weighted by atomic mass is 9.89. The highest BCUT2D eigenvalue weighted by atomic mass is 16.5. The Morgan fingerprint density at radius 1 is 1.41 bits per heavy atom. The molecule has 2 rings (SSSR count). The molecule has 0 radical (unpaired) electrons. The Morgan fingerprint density at radius 3 is 2.47 bits per heavy atom. The molecule has 4 heteroatoms. The van der Waals surface area contributed by atoms with Crippen molar-refractivity contribution in [2.45, 2.75) is 51.1 Å². The van der Waals surface area contributed by atoms with E-state index in [-0.39, 0.29) is 5.91 Å². The van der Waals surface area contributed by atoms with E-state index in [0.717, 1.165) is 19.4 Å². The molecule has 1 aliphatic heterocycles. The monoisotopic (exact) mass is 240 g/mol. The van der Waals surface area contributed by atoms with Crippen molar-refractivity contribution in [3.8, 4) is 0 Å². The van der Waals surface area contributed by atoms with Gasteiger partial charge in [-0.1, -0.05) is 13.8 Å². The molecule has 0 aromatic carbocycles. The van der Waals surface area contributed by atoms with Crippen molar-refractivity contribution in [3.05, 3.63) is 0 Å². The molecule has 0 atom stereocenters. The molecule has 0 aromatic rings. The van der Waals surface area contributed by atoms with Crippen LogP contribution in [0.1, 0.15) is 39.5 Å². The third kappa shape index (κ3) is 2.99. The standard InChI is InChI=1S/C13H24N2O2/c1-10(2)9-15(11-3-4-11)12(16)13(14)5-7-17-8-6-13/h10-11H,3-9,14H2,1-2H3. The SMILES string of the molecule is CC(C)CN(C(=O)C1(N)CCOCC1)C1CC1. The van der Waals surface area contributed by atoms with Crippen LogP contribution in [0.3, 0.4) is 0 Å². The van der Waals surface area contributed by atoms with E-state index in [2.05, 4.69) is 13.8 Å². The van der Waals surface area contributed by atoms with Crippen molar-refractivity contribution in [2.24, 2.45) is 11.7 Å². The fraction of sp³-hybridized carbons (Fsp3) is 0.923. The number of carbonyl (C=O) groups excluding carboxylic acids is 1. The van der Waals surface area contributed by atoms with Gasteiger partial charge in [-0.05, 0) is 31.6 Å². The predicted octanol–water partition coefficient (Wildman–Crippen LogP) is 1.14. The number of ether oxygens (including phenoxy) is 1. The zero-order valence-corrected chi connectivity index (χ0v) is 10.9. The number of hydrogen-bond donors (Lipinski definition) is 1. The van der Waals surface area contributed by atoms with E-state index in [9.17, 15) is 4.79 Å². The first kappa shape index (κ1) is 12.8. The van der Waals surface area contributed by atoms with Gasteiger partial charge in [0.15, 0.2) is 0 Å². The maximum atomic E-state index is 12.6. The molecule has 1 amide bonds. The van der Waals surface area contributed by atoms with Crippen LogP contribution in [-0.4, -0.2) is 42.1 Å². The minimum absolute atomic E-state index is 0.150. The summed E-state index contributed by atoms with van der Waals surface area (Å²) < 4.78 is 5.30. The molecule has 17 heavy (non-hydrogen) atoms. The van der Waals surface area contributed by atoms with Crippen molar-refractivity contribution in [1.82, 2.24) is 4.90 Å². The lowest BCUT2D eigenvalue weighted by Crippen LogP contribution is -2.59. The summed E-state index contributed by atoms with van der Waals surface area (Å²) in [5.41, 5.74) is 5.60. The maximum absolute atomic E-state index is 12.6. The summed E-state index contributed by atoms with van der Waals surface area (Å²) in [6, 6.07) is 0.452. The van der Waals surface area contributed by atoms with E-state index in [1.165, 1.54) is 0 Å². The zero-order chi connectivity index (χ0) is 12.5. The lowest BCUT2D eigenvalue weighted by molar-refractivity contribution is -0.141. The highest BCUT2D eigenvalue weighted by Crippen LogP contribution is 2.31. The Balaban J connectivity index is 2.04. The Labute approximate surface area is 103 Å². The quantitative estimate of drug-likeness (QED) is 0.801. The Morgan fingerprint density at radius 2 is 2.00 bits per heavy atom. The van der Waals surface area contributed by atoms with Crippen LogP contribution in [0.5, 0.6) is 0 Å². The molecule has 2 fully saturated rings. The van der Waals surface area contributed by atoms with Crippen molar-refractivity contribution in [2.75, 3.05) is 19.8 Å². The predicted molar refractivity (Wildman–Crippen MR) is 66.5 cm³/mol. The smallest absolute Gasteiger partial charge is 0.243 e. The molecular formula is C13H24N2O2. The Bertz CT molecular complexity index is 281. The van der Waals surface area contributed by atoms with Gasteiger partial charge >= 0.3 is 0 Å². The highest BCUT2D eigenvalue weighted by Gasteiger charge is 2.43. The van der Waals surface area contributed by atoms with E-state index >= 15 is 0 Å². The minimum atomic E-state index is -0.671. The number of hydrogen-bond acceptors (Lipinski definition) is 3. The van der Waals surface area contributed by atoms with Gasteiger partial charge in [0.05, 0.1) is 5.54 Å². The Kier molecular flexibility index (Phi) is 3.73. The molecule has 1 saturated carbocycles. The summed E-state index contributed by atoms with van der Waals surface area (Å²) in [6.45, 7) is 6.36. The molecule has 0 aromatic heterocycles. The van der Waals surface area contributed by atoms with Gasteiger partial charge < -0.3 is 15.4 Å². The molecule has 1 saturated heterocycles. The number of carbonyl (C=O) groups is 1. The van der Waals surface area contributed by atoms with Gasteiger partial charge in [-0.2, -0.15) is 0 Å². The average molecular weight is 240 g/mol. The largest absolute Gasteiger partial charge is 0.381 e. The lowest BCUT2D eigenvalue weighted by Gasteiger charge is -2.37. The second-order valence-corrected chi connectivity index (χ2v) is 5.85. The fourth-order valence-electron chi connectivity index (χ4n) is 2.41. The van der Waals surface area contributed by atoms with Crippen LogP contribution < -0.4 is 5.73 Å². The van der Waals surface area contributed by atoms with Crippen LogP contribution in [0.2, 0.25) is 0 Å². The van der Waals surface area contributed by atoms with Crippen LogP contribution in [0.25, 0.3) is 0 Å². The molecular weight excluding hydrogens is 216 g/mol. The van der Waals surface area contributed by atoms with E-state index < -0.39 is 5.54 Å². The van der Waals surface area contributed by atoms with Gasteiger partial charge in [0, 0.05) is 25.8 Å². The molecule has 0 unspecified atom stereocenters. The topological polar surface area (TPSA) is 55.6 Å². The van der Waals surface area contributed by atoms with Crippen molar-refractivity contribution < 1.29 is 9.53 Å². The summed E-state index contributed by atoms with van der Waals surface area (Å²) in [5, 5.41) is 0. The Hall–Kier alpha value is -0.610. The molecule has 1 heterocycles. The summed E-state index contributed by atoms with van der Waals surface area (Å²) in [6.07, 6.45) is 3.61. The van der Waals surface area contributed by atoms with E-state index in [1.807, 2.05) is 4.90 Å². The fourth-order valence-corrected chi connectivity index (χ4v) is 2.41. The van der Waals surface area contributed by atoms with Gasteiger partial charge in [0.25, 0.3) is 0 Å². The van der Waals surface area contributed by atoms with Crippen LogP contribution in [0.15, 0.2) is 0 Å². The molecule has 1 aliphatic carbocycles. The van der Waals surface area contributed by atoms with Crippen molar-refractivity contribution in [3.63, 3.8) is 0 Å². The second kappa shape index (κ2) is 4.94. The van der Waals surface area contributed by atoms with Gasteiger partial charge in [0.1, 0.15) is 0 Å². The van der Waals surface area contributed by atoms with Crippen LogP contribution in [0.4, 0.5) is 0 Å². The number of nitrogens with two attached hydrogens (primary N) is 1. The summed E-state index contributed by atoms with van der Waals surface area (Å²) in [5.74, 6) is 0.653. The van der Waals surface area contributed by atoms with Crippen molar-refractivity contribution in [1.29, 1.82) is 0 Å². The van der Waals surface area contributed by atoms with Crippen molar-refractivity contribution >= 4 is 5.91 Å². The highest BCUT2D eigenvalue weighted by molar-refractivity contribution is 5.86. The van der Waals surface area contributed by atoms with E-state index in [4.69, 9.17) is 10.5 Å². The summed E-state index contributed by atoms with van der Waals surface area (Å²) in [7, 11) is 0.